The molecule has 0 aromatic carbocycles. The van der Waals surface area contributed by atoms with Crippen LogP contribution in [0.5, 0.6) is 0 Å². The van der Waals surface area contributed by atoms with Gasteiger partial charge in [0, 0.05) is 6.26 Å². The molecule has 0 saturated heterocycles. The van der Waals surface area contributed by atoms with Gasteiger partial charge in [-0.3, -0.25) is 0 Å². The predicted molar refractivity (Wildman–Crippen MR) is 39.3 cm³/mol. The third kappa shape index (κ3) is 2.72. The number of nitrogens with two attached hydrogens (primary N) is 1. The van der Waals surface area contributed by atoms with Crippen LogP contribution in [0.1, 0.15) is 0 Å². The number of aliphatic imine (C=N–C) groups is 1. The lowest BCUT2D eigenvalue weighted by molar-refractivity contribution is 0.183. The molecule has 0 aliphatic carbocycles. The maximum Gasteiger partial charge on any atom is 0.304 e. The third-order valence-electron chi connectivity index (χ3n) is 1.04. The van der Waals surface area contributed by atoms with Gasteiger partial charge in [0.15, 0.2) is 16.0 Å². The molecule has 0 aromatic heterocycles. The first-order valence-corrected chi connectivity index (χ1v) is 4.97. The first-order valence-electron chi connectivity index (χ1n) is 2.91. The molecule has 1 atom stereocenters. The Bertz CT molecular complexity index is 270. The zero-order valence-corrected chi connectivity index (χ0v) is 6.76. The summed E-state index contributed by atoms with van der Waals surface area (Å²) >= 11 is 0. The van der Waals surface area contributed by atoms with Crippen LogP contribution in [0.15, 0.2) is 4.99 Å². The van der Waals surface area contributed by atoms with Crippen LogP contribution in [0.4, 0.5) is 0 Å². The Balaban J connectivity index is 2.54. The minimum atomic E-state index is -3.04. The van der Waals surface area contributed by atoms with E-state index < -0.39 is 16.0 Å². The Morgan fingerprint density at radius 1 is 1.82 bits per heavy atom. The summed E-state index contributed by atoms with van der Waals surface area (Å²) in [5.41, 5.74) is 7.47. The van der Waals surface area contributed by atoms with Crippen LogP contribution in [0.25, 0.3) is 0 Å². The summed E-state index contributed by atoms with van der Waals surface area (Å²) in [5, 5.41) is 0. The second-order valence-electron chi connectivity index (χ2n) is 2.30. The molecule has 0 saturated carbocycles. The van der Waals surface area contributed by atoms with Gasteiger partial charge in [0.05, 0.1) is 5.75 Å². The van der Waals surface area contributed by atoms with E-state index in [0.29, 0.717) is 0 Å². The molecule has 64 valence electrons. The number of sulfone groups is 1. The van der Waals surface area contributed by atoms with Gasteiger partial charge < -0.3 is 10.6 Å². The summed E-state index contributed by atoms with van der Waals surface area (Å²) in [7, 11) is -3.04. The Morgan fingerprint density at radius 2 is 2.45 bits per heavy atom. The molecule has 11 heavy (non-hydrogen) atoms. The number of hydrogen-bond donors (Lipinski definition) is 2. The van der Waals surface area contributed by atoms with Crippen molar-refractivity contribution in [2.75, 3.05) is 12.0 Å². The fourth-order valence-corrected chi connectivity index (χ4v) is 1.41. The summed E-state index contributed by atoms with van der Waals surface area (Å²) in [5.74, 6) is -0.103. The van der Waals surface area contributed by atoms with Crippen molar-refractivity contribution < 1.29 is 13.3 Å². The maximum atomic E-state index is 10.7. The van der Waals surface area contributed by atoms with Gasteiger partial charge in [-0.1, -0.05) is 0 Å². The molecule has 0 aromatic rings. The molecular weight excluding hydrogens is 170 g/mol. The second-order valence-corrected chi connectivity index (χ2v) is 4.48. The zero-order valence-electron chi connectivity index (χ0n) is 5.94. The number of nitrogens with one attached hydrogen (secondary N) is 1. The number of amidine groups is 1. The van der Waals surface area contributed by atoms with E-state index in [1.54, 1.807) is 0 Å². The van der Waals surface area contributed by atoms with E-state index >= 15 is 0 Å². The van der Waals surface area contributed by atoms with Gasteiger partial charge in [-0.15, -0.1) is 5.48 Å². The van der Waals surface area contributed by atoms with Crippen molar-refractivity contribution in [3.63, 3.8) is 0 Å². The number of hydroxylamine groups is 1. The van der Waals surface area contributed by atoms with Crippen molar-refractivity contribution in [1.82, 2.24) is 5.48 Å². The monoisotopic (exact) mass is 179 g/mol. The Morgan fingerprint density at radius 3 is 2.82 bits per heavy atom. The van der Waals surface area contributed by atoms with E-state index in [0.717, 1.165) is 6.26 Å². The predicted octanol–water partition coefficient (Wildman–Crippen LogP) is -1.79. The van der Waals surface area contributed by atoms with Crippen LogP contribution in [0.2, 0.25) is 0 Å². The van der Waals surface area contributed by atoms with Crippen molar-refractivity contribution in [3.05, 3.63) is 0 Å². The molecule has 3 N–H and O–H groups in total. The fourth-order valence-electron chi connectivity index (χ4n) is 0.693. The molecule has 0 spiro atoms. The molecule has 1 aliphatic heterocycles. The van der Waals surface area contributed by atoms with E-state index in [4.69, 9.17) is 5.73 Å². The average Bonchev–Trinajstić information content (AvgIpc) is 2.10. The number of rotatable bonds is 2. The highest BCUT2D eigenvalue weighted by Crippen LogP contribution is 1.98. The lowest BCUT2D eigenvalue weighted by Crippen LogP contribution is -2.29. The fraction of sp³-hybridized carbons (Fsp3) is 0.750. The Hall–Kier alpha value is -0.820. The number of hydrogen-bond acceptors (Lipinski definition) is 6. The highest BCUT2D eigenvalue weighted by atomic mass is 32.2. The summed E-state index contributed by atoms with van der Waals surface area (Å²) < 4.78 is 21.4. The SMILES string of the molecule is CS(=O)(=O)CC1N=C(N)ON1. The molecule has 0 bridgehead atoms. The van der Waals surface area contributed by atoms with Crippen molar-refractivity contribution in [1.29, 1.82) is 0 Å². The van der Waals surface area contributed by atoms with Gasteiger partial charge in [0.2, 0.25) is 0 Å². The van der Waals surface area contributed by atoms with Crippen LogP contribution >= 0.6 is 0 Å². The molecule has 1 aliphatic rings. The van der Waals surface area contributed by atoms with Gasteiger partial charge in [0.25, 0.3) is 0 Å². The molecule has 1 heterocycles. The van der Waals surface area contributed by atoms with Crippen LogP contribution in [0, 0.1) is 0 Å². The van der Waals surface area contributed by atoms with E-state index in [1.807, 2.05) is 0 Å². The largest absolute Gasteiger partial charge is 0.369 e. The molecule has 0 fully saturated rings. The van der Waals surface area contributed by atoms with E-state index in [9.17, 15) is 8.42 Å². The summed E-state index contributed by atoms with van der Waals surface area (Å²) in [6.07, 6.45) is 0.559. The Labute approximate surface area is 64.3 Å². The summed E-state index contributed by atoms with van der Waals surface area (Å²) in [4.78, 5) is 8.18. The lowest BCUT2D eigenvalue weighted by atomic mass is 10.6. The van der Waals surface area contributed by atoms with E-state index in [2.05, 4.69) is 15.3 Å². The summed E-state index contributed by atoms with van der Waals surface area (Å²) in [6.45, 7) is 0. The first kappa shape index (κ1) is 8.28. The molecular formula is C4H9N3O3S. The number of nitrogens with zero attached hydrogens (tertiary/aromatic N) is 1. The van der Waals surface area contributed by atoms with Gasteiger partial charge in [0.1, 0.15) is 0 Å². The lowest BCUT2D eigenvalue weighted by Gasteiger charge is -2.02. The molecule has 1 rings (SSSR count). The quantitative estimate of drug-likeness (QED) is 0.522. The van der Waals surface area contributed by atoms with E-state index in [1.165, 1.54) is 0 Å². The molecule has 1 unspecified atom stereocenters. The van der Waals surface area contributed by atoms with Crippen molar-refractivity contribution in [2.45, 2.75) is 6.17 Å². The molecule has 0 radical (unpaired) electrons. The normalized spacial score (nSPS) is 24.5. The van der Waals surface area contributed by atoms with Crippen LogP contribution in [-0.2, 0) is 14.7 Å². The third-order valence-corrected chi connectivity index (χ3v) is 1.96. The molecule has 0 amide bonds. The van der Waals surface area contributed by atoms with Gasteiger partial charge in [-0.2, -0.15) is 0 Å². The minimum absolute atomic E-state index is 0.0290. The average molecular weight is 179 g/mol. The topological polar surface area (TPSA) is 93.8 Å². The van der Waals surface area contributed by atoms with Gasteiger partial charge in [-0.25, -0.2) is 13.4 Å². The van der Waals surface area contributed by atoms with Crippen LogP contribution in [-0.4, -0.2) is 32.6 Å². The zero-order chi connectivity index (χ0) is 8.48. The maximum absolute atomic E-state index is 10.7. The highest BCUT2D eigenvalue weighted by Gasteiger charge is 2.20. The van der Waals surface area contributed by atoms with Gasteiger partial charge in [-0.05, 0) is 0 Å². The van der Waals surface area contributed by atoms with E-state index in [-0.39, 0.29) is 11.8 Å². The highest BCUT2D eigenvalue weighted by molar-refractivity contribution is 7.90. The van der Waals surface area contributed by atoms with Crippen molar-refractivity contribution >= 4 is 15.9 Å². The van der Waals surface area contributed by atoms with Gasteiger partial charge >= 0.3 is 6.02 Å². The Kier molecular flexibility index (Phi) is 2.01. The van der Waals surface area contributed by atoms with Crippen LogP contribution < -0.4 is 11.2 Å². The van der Waals surface area contributed by atoms with Crippen molar-refractivity contribution in [3.8, 4) is 0 Å². The second kappa shape index (κ2) is 2.67. The molecule has 6 nitrogen and oxygen atoms in total. The van der Waals surface area contributed by atoms with Crippen molar-refractivity contribution in [2.24, 2.45) is 10.7 Å². The van der Waals surface area contributed by atoms with Crippen LogP contribution in [0.3, 0.4) is 0 Å². The summed E-state index contributed by atoms with van der Waals surface area (Å²) in [6, 6.07) is -0.0290. The smallest absolute Gasteiger partial charge is 0.304 e. The molecule has 7 heteroatoms. The first-order chi connectivity index (χ1) is 4.97. The minimum Gasteiger partial charge on any atom is -0.369 e. The standard InChI is InChI=1S/C4H9N3O3S/c1-11(8,9)2-3-6-4(5)10-7-3/h3,7H,2H2,1H3,(H2,5,6).